The van der Waals surface area contributed by atoms with E-state index < -0.39 is 0 Å². The van der Waals surface area contributed by atoms with Crippen LogP contribution in [0.2, 0.25) is 0 Å². The molecular formula is C15H23BrIN5S. The first-order valence-corrected chi connectivity index (χ1v) is 8.86. The number of rotatable bonds is 5. The van der Waals surface area contributed by atoms with Gasteiger partial charge in [0.25, 0.3) is 0 Å². The number of aliphatic imine (C=N–C) groups is 1. The minimum atomic E-state index is 0. The van der Waals surface area contributed by atoms with Gasteiger partial charge >= 0.3 is 0 Å². The number of hydrogen-bond acceptors (Lipinski definition) is 3. The average Bonchev–Trinajstić information content (AvgIpc) is 3.06. The lowest BCUT2D eigenvalue weighted by Gasteiger charge is -2.22. The summed E-state index contributed by atoms with van der Waals surface area (Å²) in [6.07, 6.45) is 3.04. The SMILES string of the molecule is CCc1nc(CNC(=NC)N(C)Cc2cc(Br)cn2C)cs1.I. The van der Waals surface area contributed by atoms with Gasteiger partial charge in [-0.15, -0.1) is 35.3 Å². The van der Waals surface area contributed by atoms with Crippen LogP contribution in [0.25, 0.3) is 0 Å². The molecule has 0 aliphatic rings. The molecule has 0 saturated carbocycles. The molecule has 2 aromatic rings. The van der Waals surface area contributed by atoms with Crippen LogP contribution in [0.3, 0.4) is 0 Å². The summed E-state index contributed by atoms with van der Waals surface area (Å²) in [7, 11) is 5.89. The average molecular weight is 512 g/mol. The lowest BCUT2D eigenvalue weighted by molar-refractivity contribution is 0.461. The standard InChI is InChI=1S/C15H22BrN5S.HI/c1-5-14-19-12(10-22-14)7-18-15(17-2)21(4)9-13-6-11(16)8-20(13)3;/h6,8,10H,5,7,9H2,1-4H3,(H,17,18);1H. The predicted octanol–water partition coefficient (Wildman–Crippen LogP) is 3.63. The lowest BCUT2D eigenvalue weighted by atomic mass is 10.4. The number of thiazole rings is 1. The number of guanidine groups is 1. The molecule has 5 nitrogen and oxygen atoms in total. The van der Waals surface area contributed by atoms with Crippen LogP contribution in [0.1, 0.15) is 23.3 Å². The van der Waals surface area contributed by atoms with Crippen molar-refractivity contribution in [2.24, 2.45) is 12.0 Å². The van der Waals surface area contributed by atoms with Crippen molar-refractivity contribution < 1.29 is 0 Å². The second kappa shape index (κ2) is 9.63. The number of nitrogens with one attached hydrogen (secondary N) is 1. The highest BCUT2D eigenvalue weighted by atomic mass is 127. The van der Waals surface area contributed by atoms with Crippen molar-refractivity contribution in [2.45, 2.75) is 26.4 Å². The summed E-state index contributed by atoms with van der Waals surface area (Å²) < 4.78 is 3.21. The van der Waals surface area contributed by atoms with Gasteiger partial charge in [0.2, 0.25) is 0 Å². The van der Waals surface area contributed by atoms with Gasteiger partial charge in [0.15, 0.2) is 5.96 Å². The van der Waals surface area contributed by atoms with Crippen LogP contribution in [0.4, 0.5) is 0 Å². The molecule has 0 atom stereocenters. The minimum absolute atomic E-state index is 0. The summed E-state index contributed by atoms with van der Waals surface area (Å²) in [4.78, 5) is 11.0. The Kier molecular flexibility index (Phi) is 8.56. The Morgan fingerprint density at radius 2 is 2.26 bits per heavy atom. The van der Waals surface area contributed by atoms with Crippen LogP contribution in [0.15, 0.2) is 27.1 Å². The van der Waals surface area contributed by atoms with E-state index in [1.807, 2.05) is 14.1 Å². The van der Waals surface area contributed by atoms with E-state index >= 15 is 0 Å². The molecule has 0 unspecified atom stereocenters. The van der Waals surface area contributed by atoms with Crippen molar-refractivity contribution in [2.75, 3.05) is 14.1 Å². The van der Waals surface area contributed by atoms with Gasteiger partial charge in [0, 0.05) is 42.9 Å². The number of nitrogens with zero attached hydrogens (tertiary/aromatic N) is 4. The normalized spacial score (nSPS) is 11.3. The van der Waals surface area contributed by atoms with Crippen molar-refractivity contribution in [1.29, 1.82) is 0 Å². The molecule has 23 heavy (non-hydrogen) atoms. The molecular weight excluding hydrogens is 489 g/mol. The summed E-state index contributed by atoms with van der Waals surface area (Å²) >= 11 is 5.22. The Labute approximate surface area is 167 Å². The van der Waals surface area contributed by atoms with Gasteiger partial charge < -0.3 is 14.8 Å². The summed E-state index contributed by atoms with van der Waals surface area (Å²) in [5.41, 5.74) is 2.29. The highest BCUT2D eigenvalue weighted by Crippen LogP contribution is 2.15. The number of halogens is 2. The topological polar surface area (TPSA) is 45.5 Å². The quantitative estimate of drug-likeness (QED) is 0.379. The van der Waals surface area contributed by atoms with Gasteiger partial charge in [0.05, 0.1) is 23.8 Å². The Bertz CT molecular complexity index is 652. The zero-order valence-corrected chi connectivity index (χ0v) is 18.6. The Morgan fingerprint density at radius 3 is 2.78 bits per heavy atom. The Morgan fingerprint density at radius 1 is 1.52 bits per heavy atom. The van der Waals surface area contributed by atoms with Crippen molar-refractivity contribution in [3.8, 4) is 0 Å². The molecule has 0 aliphatic heterocycles. The first kappa shape index (κ1) is 20.4. The Hall–Kier alpha value is -0.610. The van der Waals surface area contributed by atoms with E-state index in [0.29, 0.717) is 6.54 Å². The van der Waals surface area contributed by atoms with Crippen molar-refractivity contribution in [3.63, 3.8) is 0 Å². The van der Waals surface area contributed by atoms with E-state index in [2.05, 4.69) is 65.3 Å². The third-order valence-corrected chi connectivity index (χ3v) is 4.85. The van der Waals surface area contributed by atoms with Crippen LogP contribution >= 0.6 is 51.2 Å². The molecule has 128 valence electrons. The molecule has 0 amide bonds. The van der Waals surface area contributed by atoms with E-state index in [-0.39, 0.29) is 24.0 Å². The zero-order chi connectivity index (χ0) is 16.1. The maximum absolute atomic E-state index is 4.57. The van der Waals surface area contributed by atoms with Crippen LogP contribution < -0.4 is 5.32 Å². The van der Waals surface area contributed by atoms with Crippen LogP contribution in [-0.4, -0.2) is 34.5 Å². The Balaban J connectivity index is 0.00000264. The molecule has 0 aromatic carbocycles. The molecule has 0 bridgehead atoms. The first-order valence-electron chi connectivity index (χ1n) is 7.19. The summed E-state index contributed by atoms with van der Waals surface area (Å²) in [6, 6.07) is 2.12. The zero-order valence-electron chi connectivity index (χ0n) is 13.8. The highest BCUT2D eigenvalue weighted by molar-refractivity contribution is 14.0. The predicted molar refractivity (Wildman–Crippen MR) is 112 cm³/mol. The third-order valence-electron chi connectivity index (χ3n) is 3.38. The van der Waals surface area contributed by atoms with Gasteiger partial charge in [-0.25, -0.2) is 4.98 Å². The first-order chi connectivity index (χ1) is 10.5. The molecule has 2 aromatic heterocycles. The van der Waals surface area contributed by atoms with E-state index in [4.69, 9.17) is 0 Å². The van der Waals surface area contributed by atoms with E-state index in [1.165, 1.54) is 10.7 Å². The van der Waals surface area contributed by atoms with Crippen molar-refractivity contribution in [1.82, 2.24) is 19.8 Å². The third kappa shape index (κ3) is 5.75. The molecule has 0 saturated heterocycles. The second-order valence-electron chi connectivity index (χ2n) is 5.10. The number of aromatic nitrogens is 2. The van der Waals surface area contributed by atoms with Gasteiger partial charge in [-0.05, 0) is 28.4 Å². The van der Waals surface area contributed by atoms with Crippen molar-refractivity contribution >= 4 is 57.2 Å². The fourth-order valence-corrected chi connectivity index (χ4v) is 3.50. The molecule has 0 fully saturated rings. The smallest absolute Gasteiger partial charge is 0.194 e. The molecule has 0 radical (unpaired) electrons. The van der Waals surface area contributed by atoms with Crippen LogP contribution in [0, 0.1) is 0 Å². The van der Waals surface area contributed by atoms with E-state index in [0.717, 1.165) is 29.1 Å². The fraction of sp³-hybridized carbons (Fsp3) is 0.467. The molecule has 2 rings (SSSR count). The van der Waals surface area contributed by atoms with Gasteiger partial charge in [-0.1, -0.05) is 6.92 Å². The molecule has 0 spiro atoms. The largest absolute Gasteiger partial charge is 0.352 e. The van der Waals surface area contributed by atoms with Crippen LogP contribution in [-0.2, 0) is 26.6 Å². The summed E-state index contributed by atoms with van der Waals surface area (Å²) in [5.74, 6) is 0.864. The molecule has 8 heteroatoms. The molecule has 0 aliphatic carbocycles. The van der Waals surface area contributed by atoms with Gasteiger partial charge in [0.1, 0.15) is 0 Å². The number of hydrogen-bond donors (Lipinski definition) is 1. The van der Waals surface area contributed by atoms with Gasteiger partial charge in [-0.3, -0.25) is 4.99 Å². The highest BCUT2D eigenvalue weighted by Gasteiger charge is 2.10. The van der Waals surface area contributed by atoms with Crippen molar-refractivity contribution in [3.05, 3.63) is 38.5 Å². The molecule has 1 N–H and O–H groups in total. The number of aryl methyl sites for hydroxylation is 2. The van der Waals surface area contributed by atoms with Gasteiger partial charge in [-0.2, -0.15) is 0 Å². The molecule has 2 heterocycles. The monoisotopic (exact) mass is 511 g/mol. The second-order valence-corrected chi connectivity index (χ2v) is 6.96. The summed E-state index contributed by atoms with van der Waals surface area (Å²) in [5, 5.41) is 6.65. The maximum Gasteiger partial charge on any atom is 0.194 e. The lowest BCUT2D eigenvalue weighted by Crippen LogP contribution is -2.38. The minimum Gasteiger partial charge on any atom is -0.352 e. The fourth-order valence-electron chi connectivity index (χ4n) is 2.19. The summed E-state index contributed by atoms with van der Waals surface area (Å²) in [6.45, 7) is 3.62. The van der Waals surface area contributed by atoms with E-state index in [9.17, 15) is 0 Å². The maximum atomic E-state index is 4.57. The van der Waals surface area contributed by atoms with Crippen LogP contribution in [0.5, 0.6) is 0 Å². The van der Waals surface area contributed by atoms with E-state index in [1.54, 1.807) is 18.4 Å².